The van der Waals surface area contributed by atoms with Crippen molar-refractivity contribution >= 4 is 38.6 Å². The number of halogens is 3. The number of amidine groups is 1. The molecular weight excluding hydrogens is 402 g/mol. The van der Waals surface area contributed by atoms with Gasteiger partial charge in [-0.25, -0.2) is 17.2 Å². The minimum absolute atomic E-state index is 0.00840. The van der Waals surface area contributed by atoms with Gasteiger partial charge >= 0.3 is 0 Å². The van der Waals surface area contributed by atoms with Crippen molar-refractivity contribution in [3.05, 3.63) is 45.8 Å². The van der Waals surface area contributed by atoms with Crippen LogP contribution in [-0.2, 0) is 15.4 Å². The Morgan fingerprint density at radius 1 is 1.15 bits per heavy atom. The van der Waals surface area contributed by atoms with Gasteiger partial charge in [0.1, 0.15) is 27.8 Å². The third-order valence-electron chi connectivity index (χ3n) is 4.56. The van der Waals surface area contributed by atoms with E-state index in [1.807, 2.05) is 0 Å². The van der Waals surface area contributed by atoms with E-state index in [9.17, 15) is 17.2 Å². The van der Waals surface area contributed by atoms with Crippen LogP contribution in [0.1, 0.15) is 25.6 Å². The molecule has 4 nitrogen and oxygen atoms in total. The largest absolute Gasteiger partial charge is 0.386 e. The summed E-state index contributed by atoms with van der Waals surface area (Å²) in [6, 6.07) is 4.71. The maximum absolute atomic E-state index is 13.5. The molecule has 1 atom stereocenters. The minimum atomic E-state index is -3.58. The Kier molecular flexibility index (Phi) is 4.45. The molecule has 0 bridgehead atoms. The molecule has 0 spiro atoms. The van der Waals surface area contributed by atoms with E-state index in [-0.39, 0.29) is 16.6 Å². The average Bonchev–Trinajstić information content (AvgIpc) is 2.87. The van der Waals surface area contributed by atoms with Crippen molar-refractivity contribution < 1.29 is 17.2 Å². The van der Waals surface area contributed by atoms with Gasteiger partial charge in [-0.1, -0.05) is 11.6 Å². The Labute approximate surface area is 159 Å². The number of nitrogens with zero attached hydrogens (tertiary/aromatic N) is 1. The first kappa shape index (κ1) is 19.3. The van der Waals surface area contributed by atoms with Crippen LogP contribution in [-0.4, -0.2) is 24.8 Å². The number of hydrogen-bond acceptors (Lipinski definition) is 5. The number of rotatable bonds is 2. The highest BCUT2D eigenvalue weighted by Crippen LogP contribution is 2.45. The lowest BCUT2D eigenvalue weighted by molar-refractivity contribution is 0.507. The topological polar surface area (TPSA) is 72.5 Å². The molecule has 26 heavy (non-hydrogen) atoms. The predicted molar refractivity (Wildman–Crippen MR) is 102 cm³/mol. The molecule has 1 aliphatic rings. The monoisotopic (exact) mass is 418 g/mol. The van der Waals surface area contributed by atoms with Gasteiger partial charge < -0.3 is 5.73 Å². The van der Waals surface area contributed by atoms with Gasteiger partial charge in [0.05, 0.1) is 15.7 Å². The van der Waals surface area contributed by atoms with Crippen molar-refractivity contribution in [1.82, 2.24) is 0 Å². The summed E-state index contributed by atoms with van der Waals surface area (Å²) in [6.07, 6.45) is 0. The third kappa shape index (κ3) is 3.04. The molecule has 1 aromatic carbocycles. The standard InChI is InChI=1S/C17H17ClF2N2O2S2/c1-16(2)15(21)22-17(3,8-26(16,23)24)14-12(18)7-13(25-14)9-4-10(19)6-11(20)5-9/h4-7H,8H2,1-3H3,(H2,21,22). The van der Waals surface area contributed by atoms with Gasteiger partial charge in [0.2, 0.25) is 0 Å². The van der Waals surface area contributed by atoms with Crippen LogP contribution in [0, 0.1) is 11.6 Å². The summed E-state index contributed by atoms with van der Waals surface area (Å²) in [4.78, 5) is 5.43. The fourth-order valence-electron chi connectivity index (χ4n) is 2.83. The van der Waals surface area contributed by atoms with Crippen LogP contribution in [0.4, 0.5) is 8.78 Å². The number of sulfone groups is 1. The van der Waals surface area contributed by atoms with Crippen LogP contribution in [0.25, 0.3) is 10.4 Å². The molecule has 140 valence electrons. The predicted octanol–water partition coefficient (Wildman–Crippen LogP) is 4.13. The zero-order chi connectivity index (χ0) is 19.5. The number of hydrogen-bond donors (Lipinski definition) is 1. The van der Waals surface area contributed by atoms with Crippen LogP contribution < -0.4 is 5.73 Å². The Bertz CT molecular complexity index is 1010. The van der Waals surface area contributed by atoms with Gasteiger partial charge in [0.25, 0.3) is 0 Å². The average molecular weight is 419 g/mol. The van der Waals surface area contributed by atoms with E-state index in [1.54, 1.807) is 13.0 Å². The quantitative estimate of drug-likeness (QED) is 0.797. The van der Waals surface area contributed by atoms with Gasteiger partial charge in [-0.2, -0.15) is 0 Å². The molecule has 1 unspecified atom stereocenters. The molecule has 0 aliphatic carbocycles. The molecule has 0 saturated heterocycles. The summed E-state index contributed by atoms with van der Waals surface area (Å²) in [5.74, 6) is -1.66. The van der Waals surface area contributed by atoms with E-state index in [0.29, 0.717) is 15.3 Å². The number of thiophene rings is 1. The van der Waals surface area contributed by atoms with Gasteiger partial charge in [-0.3, -0.25) is 4.99 Å². The van der Waals surface area contributed by atoms with Gasteiger partial charge in [-0.05, 0) is 44.5 Å². The van der Waals surface area contributed by atoms with Crippen molar-refractivity contribution in [2.24, 2.45) is 10.7 Å². The zero-order valence-electron chi connectivity index (χ0n) is 14.3. The van der Waals surface area contributed by atoms with E-state index in [2.05, 4.69) is 4.99 Å². The molecule has 2 N–H and O–H groups in total. The Morgan fingerprint density at radius 2 is 1.73 bits per heavy atom. The molecule has 9 heteroatoms. The second-order valence-electron chi connectivity index (χ2n) is 6.99. The molecule has 0 radical (unpaired) electrons. The number of benzene rings is 1. The summed E-state index contributed by atoms with van der Waals surface area (Å²) in [7, 11) is -3.58. The van der Waals surface area contributed by atoms with Crippen LogP contribution in [0.3, 0.4) is 0 Å². The number of aliphatic imine (C=N–C) groups is 1. The third-order valence-corrected chi connectivity index (χ3v) is 9.11. The maximum Gasteiger partial charge on any atom is 0.165 e. The first-order chi connectivity index (χ1) is 11.9. The highest BCUT2D eigenvalue weighted by atomic mass is 35.5. The van der Waals surface area contributed by atoms with Crippen LogP contribution in [0.2, 0.25) is 5.02 Å². The summed E-state index contributed by atoms with van der Waals surface area (Å²) >= 11 is 7.47. The molecule has 0 saturated carbocycles. The van der Waals surface area contributed by atoms with E-state index >= 15 is 0 Å². The summed E-state index contributed by atoms with van der Waals surface area (Å²) in [5.41, 5.74) is 5.10. The molecule has 1 aliphatic heterocycles. The first-order valence-corrected chi connectivity index (χ1v) is 10.5. The molecular formula is C17H17ClF2N2O2S2. The fourth-order valence-corrected chi connectivity index (χ4v) is 6.22. The number of nitrogens with two attached hydrogens (primary N) is 1. The van der Waals surface area contributed by atoms with Crippen molar-refractivity contribution in [3.63, 3.8) is 0 Å². The minimum Gasteiger partial charge on any atom is -0.386 e. The van der Waals surface area contributed by atoms with Crippen molar-refractivity contribution in [2.75, 3.05) is 5.75 Å². The van der Waals surface area contributed by atoms with Gasteiger partial charge in [-0.15, -0.1) is 11.3 Å². The highest BCUT2D eigenvalue weighted by molar-refractivity contribution is 7.93. The second kappa shape index (κ2) is 6.00. The zero-order valence-corrected chi connectivity index (χ0v) is 16.7. The fraction of sp³-hybridized carbons (Fsp3) is 0.353. The lowest BCUT2D eigenvalue weighted by Gasteiger charge is -2.37. The SMILES string of the molecule is CC1(c2sc(-c3cc(F)cc(F)c3)cc2Cl)CS(=O)(=O)C(C)(C)C(N)=N1. The van der Waals surface area contributed by atoms with Gasteiger partial charge in [0, 0.05) is 10.9 Å². The summed E-state index contributed by atoms with van der Waals surface area (Å²) in [5, 5.41) is 0.281. The van der Waals surface area contributed by atoms with Crippen LogP contribution in [0.15, 0.2) is 29.3 Å². The first-order valence-electron chi connectivity index (χ1n) is 7.70. The van der Waals surface area contributed by atoms with Crippen molar-refractivity contribution in [1.29, 1.82) is 0 Å². The smallest absolute Gasteiger partial charge is 0.165 e. The van der Waals surface area contributed by atoms with Crippen LogP contribution >= 0.6 is 22.9 Å². The molecule has 2 aromatic rings. The second-order valence-corrected chi connectivity index (χ2v) is 11.0. The Hall–Kier alpha value is -1.51. The Balaban J connectivity index is 2.14. The lowest BCUT2D eigenvalue weighted by Crippen LogP contribution is -2.54. The molecule has 3 rings (SSSR count). The maximum atomic E-state index is 13.5. The molecule has 0 amide bonds. The van der Waals surface area contributed by atoms with Crippen molar-refractivity contribution in [2.45, 2.75) is 31.1 Å². The van der Waals surface area contributed by atoms with E-state index < -0.39 is 31.8 Å². The highest BCUT2D eigenvalue weighted by Gasteiger charge is 2.49. The van der Waals surface area contributed by atoms with Crippen molar-refractivity contribution in [3.8, 4) is 10.4 Å². The normalized spacial score (nSPS) is 24.3. The van der Waals surface area contributed by atoms with Gasteiger partial charge in [0.15, 0.2) is 9.84 Å². The molecule has 1 aromatic heterocycles. The van der Waals surface area contributed by atoms with E-state index in [0.717, 1.165) is 17.4 Å². The summed E-state index contributed by atoms with van der Waals surface area (Å²) < 4.78 is 51.1. The van der Waals surface area contributed by atoms with E-state index in [1.165, 1.54) is 26.0 Å². The van der Waals surface area contributed by atoms with Crippen LogP contribution in [0.5, 0.6) is 0 Å². The van der Waals surface area contributed by atoms with E-state index in [4.69, 9.17) is 17.3 Å². The molecule has 0 fully saturated rings. The Morgan fingerprint density at radius 3 is 2.27 bits per heavy atom. The summed E-state index contributed by atoms with van der Waals surface area (Å²) in [6.45, 7) is 4.66. The lowest BCUT2D eigenvalue weighted by atomic mass is 10.0. The molecule has 2 heterocycles.